The van der Waals surface area contributed by atoms with Crippen LogP contribution in [0.5, 0.6) is 0 Å². The zero-order chi connectivity index (χ0) is 8.48. The highest BCUT2D eigenvalue weighted by Crippen LogP contribution is 2.27. The molecule has 0 aromatic heterocycles. The molecular formula is C10H18Si. The SMILES string of the molecule is CC1CC=CC=C1[Si](C)(C)C. The zero-order valence-electron chi connectivity index (χ0n) is 8.02. The molecule has 0 amide bonds. The predicted octanol–water partition coefficient (Wildman–Crippen LogP) is 3.39. The molecular weight excluding hydrogens is 148 g/mol. The Hall–Kier alpha value is -0.303. The second kappa shape index (κ2) is 2.98. The van der Waals surface area contributed by atoms with E-state index in [9.17, 15) is 0 Å². The van der Waals surface area contributed by atoms with Crippen LogP contribution in [-0.4, -0.2) is 8.07 Å². The van der Waals surface area contributed by atoms with Gasteiger partial charge in [0.1, 0.15) is 0 Å². The molecule has 0 heterocycles. The lowest BCUT2D eigenvalue weighted by Crippen LogP contribution is -2.28. The van der Waals surface area contributed by atoms with Gasteiger partial charge in [0.15, 0.2) is 0 Å². The first kappa shape index (κ1) is 8.79. The molecule has 1 aliphatic carbocycles. The van der Waals surface area contributed by atoms with Crippen LogP contribution in [0, 0.1) is 5.92 Å². The molecule has 1 heteroatoms. The van der Waals surface area contributed by atoms with Gasteiger partial charge in [-0.25, -0.2) is 0 Å². The van der Waals surface area contributed by atoms with Gasteiger partial charge in [-0.2, -0.15) is 0 Å². The summed E-state index contributed by atoms with van der Waals surface area (Å²) in [7, 11) is -1.01. The van der Waals surface area contributed by atoms with Gasteiger partial charge in [0.2, 0.25) is 0 Å². The molecule has 0 aromatic rings. The lowest BCUT2D eigenvalue weighted by Gasteiger charge is -2.27. The Kier molecular flexibility index (Phi) is 2.38. The van der Waals surface area contributed by atoms with Crippen LogP contribution in [0.2, 0.25) is 19.6 Å². The van der Waals surface area contributed by atoms with Gasteiger partial charge in [0.25, 0.3) is 0 Å². The Labute approximate surface area is 71.0 Å². The fraction of sp³-hybridized carbons (Fsp3) is 0.600. The Balaban J connectivity index is 2.84. The maximum atomic E-state index is 2.43. The summed E-state index contributed by atoms with van der Waals surface area (Å²) in [6.07, 6.45) is 8.07. The van der Waals surface area contributed by atoms with Gasteiger partial charge in [-0.1, -0.05) is 50.0 Å². The molecule has 0 bridgehead atoms. The second-order valence-corrected chi connectivity index (χ2v) is 9.51. The van der Waals surface area contributed by atoms with Gasteiger partial charge in [-0.3, -0.25) is 0 Å². The van der Waals surface area contributed by atoms with Crippen LogP contribution in [-0.2, 0) is 0 Å². The van der Waals surface area contributed by atoms with Crippen LogP contribution in [0.25, 0.3) is 0 Å². The van der Waals surface area contributed by atoms with Crippen molar-refractivity contribution in [2.24, 2.45) is 5.92 Å². The van der Waals surface area contributed by atoms with E-state index >= 15 is 0 Å². The number of hydrogen-bond donors (Lipinski definition) is 0. The van der Waals surface area contributed by atoms with Gasteiger partial charge in [0, 0.05) is 0 Å². The molecule has 0 radical (unpaired) electrons. The van der Waals surface area contributed by atoms with E-state index < -0.39 is 8.07 Å². The predicted molar refractivity (Wildman–Crippen MR) is 54.4 cm³/mol. The van der Waals surface area contributed by atoms with Crippen molar-refractivity contribution in [2.45, 2.75) is 33.0 Å². The maximum absolute atomic E-state index is 2.43. The third kappa shape index (κ3) is 2.06. The van der Waals surface area contributed by atoms with Gasteiger partial charge < -0.3 is 0 Å². The van der Waals surface area contributed by atoms with Crippen LogP contribution in [0.4, 0.5) is 0 Å². The summed E-state index contributed by atoms with van der Waals surface area (Å²) in [5.74, 6) is 0.798. The van der Waals surface area contributed by atoms with Crippen molar-refractivity contribution in [1.82, 2.24) is 0 Å². The average Bonchev–Trinajstić information content (AvgIpc) is 1.86. The van der Waals surface area contributed by atoms with E-state index in [2.05, 4.69) is 44.8 Å². The summed E-state index contributed by atoms with van der Waals surface area (Å²) < 4.78 is 0. The minimum absolute atomic E-state index is 0.798. The van der Waals surface area contributed by atoms with Crippen LogP contribution < -0.4 is 0 Å². The molecule has 0 fully saturated rings. The van der Waals surface area contributed by atoms with Gasteiger partial charge >= 0.3 is 0 Å². The molecule has 1 atom stereocenters. The average molecular weight is 166 g/mol. The van der Waals surface area contributed by atoms with E-state index in [4.69, 9.17) is 0 Å². The first-order valence-electron chi connectivity index (χ1n) is 4.39. The van der Waals surface area contributed by atoms with Crippen molar-refractivity contribution < 1.29 is 0 Å². The lowest BCUT2D eigenvalue weighted by atomic mass is 10.0. The number of hydrogen-bond acceptors (Lipinski definition) is 0. The third-order valence-corrected chi connectivity index (χ3v) is 4.69. The molecule has 1 aliphatic rings. The third-order valence-electron chi connectivity index (χ3n) is 2.30. The van der Waals surface area contributed by atoms with Crippen molar-refractivity contribution in [3.05, 3.63) is 23.4 Å². The normalized spacial score (nSPS) is 25.1. The molecule has 0 N–H and O–H groups in total. The molecule has 11 heavy (non-hydrogen) atoms. The van der Waals surface area contributed by atoms with E-state index in [0.717, 1.165) is 5.92 Å². The zero-order valence-corrected chi connectivity index (χ0v) is 9.02. The number of rotatable bonds is 1. The summed E-state index contributed by atoms with van der Waals surface area (Å²) in [6, 6.07) is 0. The highest BCUT2D eigenvalue weighted by Gasteiger charge is 2.23. The molecule has 0 saturated carbocycles. The van der Waals surface area contributed by atoms with Crippen molar-refractivity contribution in [2.75, 3.05) is 0 Å². The van der Waals surface area contributed by atoms with E-state index in [0.29, 0.717) is 0 Å². The highest BCUT2D eigenvalue weighted by atomic mass is 28.3. The molecule has 0 saturated heterocycles. The molecule has 0 aromatic carbocycles. The fourth-order valence-corrected chi connectivity index (χ4v) is 3.93. The molecule has 0 spiro atoms. The quantitative estimate of drug-likeness (QED) is 0.524. The Bertz CT molecular complexity index is 193. The topological polar surface area (TPSA) is 0 Å². The van der Waals surface area contributed by atoms with E-state index in [1.54, 1.807) is 5.20 Å². The fourth-order valence-electron chi connectivity index (χ4n) is 1.73. The Morgan fingerprint density at radius 2 is 2.00 bits per heavy atom. The summed E-state index contributed by atoms with van der Waals surface area (Å²) in [5.41, 5.74) is 0. The van der Waals surface area contributed by atoms with Crippen LogP contribution in [0.15, 0.2) is 23.4 Å². The summed E-state index contributed by atoms with van der Waals surface area (Å²) in [6.45, 7) is 9.62. The summed E-state index contributed by atoms with van der Waals surface area (Å²) in [5, 5.41) is 1.72. The molecule has 0 nitrogen and oxygen atoms in total. The molecule has 62 valence electrons. The van der Waals surface area contributed by atoms with E-state index in [-0.39, 0.29) is 0 Å². The molecule has 1 unspecified atom stereocenters. The van der Waals surface area contributed by atoms with Crippen molar-refractivity contribution in [3.63, 3.8) is 0 Å². The first-order valence-corrected chi connectivity index (χ1v) is 7.89. The van der Waals surface area contributed by atoms with Gasteiger partial charge in [-0.15, -0.1) is 0 Å². The second-order valence-electron chi connectivity index (χ2n) is 4.44. The number of allylic oxidation sites excluding steroid dienone is 4. The van der Waals surface area contributed by atoms with Crippen molar-refractivity contribution in [1.29, 1.82) is 0 Å². The van der Waals surface area contributed by atoms with Crippen molar-refractivity contribution >= 4 is 8.07 Å². The standard InChI is InChI=1S/C10H18Si/c1-9-7-5-6-8-10(9)11(2,3)4/h5-6,8-9H,7H2,1-4H3. The van der Waals surface area contributed by atoms with E-state index in [1.807, 2.05) is 0 Å². The summed E-state index contributed by atoms with van der Waals surface area (Å²) >= 11 is 0. The van der Waals surface area contributed by atoms with Crippen LogP contribution in [0.3, 0.4) is 0 Å². The Morgan fingerprint density at radius 1 is 1.36 bits per heavy atom. The van der Waals surface area contributed by atoms with Gasteiger partial charge in [-0.05, 0) is 12.3 Å². The monoisotopic (exact) mass is 166 g/mol. The molecule has 1 rings (SSSR count). The van der Waals surface area contributed by atoms with Gasteiger partial charge in [0.05, 0.1) is 8.07 Å². The first-order chi connectivity index (χ1) is 5.02. The lowest BCUT2D eigenvalue weighted by molar-refractivity contribution is 0.714. The largest absolute Gasteiger partial charge is 0.0840 e. The summed E-state index contributed by atoms with van der Waals surface area (Å²) in [4.78, 5) is 0. The highest BCUT2D eigenvalue weighted by molar-refractivity contribution is 6.83. The van der Waals surface area contributed by atoms with Crippen molar-refractivity contribution in [3.8, 4) is 0 Å². The Morgan fingerprint density at radius 3 is 2.36 bits per heavy atom. The van der Waals surface area contributed by atoms with E-state index in [1.165, 1.54) is 6.42 Å². The van der Waals surface area contributed by atoms with Crippen LogP contribution >= 0.6 is 0 Å². The maximum Gasteiger partial charge on any atom is 0.0728 e. The minimum Gasteiger partial charge on any atom is -0.0840 e. The molecule has 0 aliphatic heterocycles. The van der Waals surface area contributed by atoms with Crippen LogP contribution in [0.1, 0.15) is 13.3 Å². The smallest absolute Gasteiger partial charge is 0.0728 e. The minimum atomic E-state index is -1.01.